The lowest BCUT2D eigenvalue weighted by atomic mass is 10.0. The van der Waals surface area contributed by atoms with E-state index in [0.29, 0.717) is 5.92 Å². The second-order valence-corrected chi connectivity index (χ2v) is 5.06. The summed E-state index contributed by atoms with van der Waals surface area (Å²) < 4.78 is 2.02. The molecule has 0 radical (unpaired) electrons. The Bertz CT molecular complexity index is 537. The van der Waals surface area contributed by atoms with Gasteiger partial charge in [-0.1, -0.05) is 0 Å². The molecule has 2 atom stereocenters. The Hall–Kier alpha value is -1.46. The monoisotopic (exact) mass is 246 g/mol. The molecule has 3 heterocycles. The first-order valence-corrected chi connectivity index (χ1v) is 6.41. The highest BCUT2D eigenvalue weighted by Gasteiger charge is 2.26. The maximum absolute atomic E-state index is 9.61. The molecule has 5 nitrogen and oxygen atoms in total. The van der Waals surface area contributed by atoms with Crippen molar-refractivity contribution in [1.29, 1.82) is 0 Å². The Labute approximate surface area is 106 Å². The molecule has 1 aliphatic heterocycles. The van der Waals surface area contributed by atoms with E-state index >= 15 is 0 Å². The van der Waals surface area contributed by atoms with Gasteiger partial charge in [0.2, 0.25) is 5.78 Å². The van der Waals surface area contributed by atoms with E-state index < -0.39 is 0 Å². The van der Waals surface area contributed by atoms with Gasteiger partial charge in [0.05, 0.1) is 18.0 Å². The van der Waals surface area contributed by atoms with Crippen LogP contribution in [0.4, 0.5) is 0 Å². The summed E-state index contributed by atoms with van der Waals surface area (Å²) >= 11 is 0. The summed E-state index contributed by atoms with van der Waals surface area (Å²) in [5.41, 5.74) is 1.16. The Morgan fingerprint density at radius 3 is 3.17 bits per heavy atom. The third-order valence-corrected chi connectivity index (χ3v) is 3.74. The number of likely N-dealkylation sites (tertiary alicyclic amines) is 1. The molecule has 18 heavy (non-hydrogen) atoms. The SMILES string of the molecule is CC(O)C1CCN(Cc2cnc3ncccn23)C1. The van der Waals surface area contributed by atoms with Crippen molar-refractivity contribution in [3.8, 4) is 0 Å². The van der Waals surface area contributed by atoms with Crippen LogP contribution in [-0.2, 0) is 6.54 Å². The topological polar surface area (TPSA) is 53.7 Å². The van der Waals surface area contributed by atoms with Crippen molar-refractivity contribution in [2.75, 3.05) is 13.1 Å². The average molecular weight is 246 g/mol. The molecule has 0 amide bonds. The predicted molar refractivity (Wildman–Crippen MR) is 68.1 cm³/mol. The van der Waals surface area contributed by atoms with Crippen LogP contribution in [-0.4, -0.2) is 43.6 Å². The second kappa shape index (κ2) is 4.66. The van der Waals surface area contributed by atoms with Gasteiger partial charge in [0.25, 0.3) is 0 Å². The molecule has 1 N–H and O–H groups in total. The minimum absolute atomic E-state index is 0.209. The molecular formula is C13H18N4O. The van der Waals surface area contributed by atoms with Crippen LogP contribution >= 0.6 is 0 Å². The summed E-state index contributed by atoms with van der Waals surface area (Å²) in [5, 5.41) is 9.61. The van der Waals surface area contributed by atoms with Gasteiger partial charge in [0, 0.05) is 25.5 Å². The van der Waals surface area contributed by atoms with Crippen molar-refractivity contribution < 1.29 is 5.11 Å². The molecule has 1 aliphatic rings. The van der Waals surface area contributed by atoms with Crippen LogP contribution in [0, 0.1) is 5.92 Å². The summed E-state index contributed by atoms with van der Waals surface area (Å²) in [5.74, 6) is 1.15. The molecule has 2 aromatic rings. The van der Waals surface area contributed by atoms with E-state index in [1.54, 1.807) is 6.20 Å². The maximum Gasteiger partial charge on any atom is 0.233 e. The van der Waals surface area contributed by atoms with Gasteiger partial charge in [-0.15, -0.1) is 0 Å². The summed E-state index contributed by atoms with van der Waals surface area (Å²) in [6, 6.07) is 1.92. The maximum atomic E-state index is 9.61. The summed E-state index contributed by atoms with van der Waals surface area (Å²) in [7, 11) is 0. The minimum Gasteiger partial charge on any atom is -0.393 e. The number of hydrogen-bond donors (Lipinski definition) is 1. The van der Waals surface area contributed by atoms with Crippen LogP contribution < -0.4 is 0 Å². The number of aliphatic hydroxyl groups is 1. The van der Waals surface area contributed by atoms with E-state index in [-0.39, 0.29) is 6.10 Å². The van der Waals surface area contributed by atoms with Gasteiger partial charge in [0.15, 0.2) is 0 Å². The molecule has 5 heteroatoms. The molecule has 2 unspecified atom stereocenters. The molecule has 0 spiro atoms. The number of rotatable bonds is 3. The summed E-state index contributed by atoms with van der Waals surface area (Å²) in [4.78, 5) is 10.9. The molecule has 0 aromatic carbocycles. The van der Waals surface area contributed by atoms with E-state index in [2.05, 4.69) is 14.9 Å². The molecular weight excluding hydrogens is 228 g/mol. The number of imidazole rings is 1. The standard InChI is InChI=1S/C13H18N4O/c1-10(18)11-3-6-16(8-11)9-12-7-15-13-14-4-2-5-17(12)13/h2,4-5,7,10-11,18H,3,6,8-9H2,1H3. The van der Waals surface area contributed by atoms with Gasteiger partial charge in [-0.05, 0) is 31.9 Å². The normalized spacial score (nSPS) is 22.7. The predicted octanol–water partition coefficient (Wildman–Crippen LogP) is 0.932. The molecule has 0 bridgehead atoms. The van der Waals surface area contributed by atoms with Crippen molar-refractivity contribution in [2.24, 2.45) is 5.92 Å². The van der Waals surface area contributed by atoms with Gasteiger partial charge >= 0.3 is 0 Å². The van der Waals surface area contributed by atoms with Crippen LogP contribution in [0.15, 0.2) is 24.7 Å². The molecule has 96 valence electrons. The quantitative estimate of drug-likeness (QED) is 0.875. The van der Waals surface area contributed by atoms with E-state index in [1.807, 2.05) is 29.8 Å². The largest absolute Gasteiger partial charge is 0.393 e. The van der Waals surface area contributed by atoms with Crippen molar-refractivity contribution in [3.05, 3.63) is 30.4 Å². The third-order valence-electron chi connectivity index (χ3n) is 3.74. The highest BCUT2D eigenvalue weighted by Crippen LogP contribution is 2.21. The van der Waals surface area contributed by atoms with Crippen molar-refractivity contribution in [2.45, 2.75) is 26.0 Å². The number of fused-ring (bicyclic) bond motifs is 1. The highest BCUT2D eigenvalue weighted by atomic mass is 16.3. The molecule has 2 aromatic heterocycles. The lowest BCUT2D eigenvalue weighted by Crippen LogP contribution is -2.24. The lowest BCUT2D eigenvalue weighted by molar-refractivity contribution is 0.127. The fraction of sp³-hybridized carbons (Fsp3) is 0.538. The zero-order valence-corrected chi connectivity index (χ0v) is 10.5. The van der Waals surface area contributed by atoms with Gasteiger partial charge in [-0.25, -0.2) is 9.97 Å². The first-order valence-electron chi connectivity index (χ1n) is 6.41. The Morgan fingerprint density at radius 1 is 1.50 bits per heavy atom. The van der Waals surface area contributed by atoms with E-state index in [0.717, 1.165) is 37.5 Å². The number of aromatic nitrogens is 3. The Morgan fingerprint density at radius 2 is 2.39 bits per heavy atom. The smallest absolute Gasteiger partial charge is 0.233 e. The van der Waals surface area contributed by atoms with Crippen LogP contribution in [0.2, 0.25) is 0 Å². The number of hydrogen-bond acceptors (Lipinski definition) is 4. The molecule has 0 aliphatic carbocycles. The zero-order valence-electron chi connectivity index (χ0n) is 10.5. The summed E-state index contributed by atoms with van der Waals surface area (Å²) in [6.07, 6.45) is 6.50. The van der Waals surface area contributed by atoms with Gasteiger partial charge in [-0.3, -0.25) is 9.30 Å². The summed E-state index contributed by atoms with van der Waals surface area (Å²) in [6.45, 7) is 4.76. The first-order chi connectivity index (χ1) is 8.74. The van der Waals surface area contributed by atoms with E-state index in [9.17, 15) is 5.11 Å². The Balaban J connectivity index is 1.74. The molecule has 1 fully saturated rings. The van der Waals surface area contributed by atoms with Crippen LogP contribution in [0.3, 0.4) is 0 Å². The molecule has 1 saturated heterocycles. The molecule has 3 rings (SSSR count). The number of aliphatic hydroxyl groups excluding tert-OH is 1. The van der Waals surface area contributed by atoms with Crippen molar-refractivity contribution in [3.63, 3.8) is 0 Å². The van der Waals surface area contributed by atoms with Crippen LogP contribution in [0.1, 0.15) is 19.0 Å². The van der Waals surface area contributed by atoms with Gasteiger partial charge < -0.3 is 5.11 Å². The van der Waals surface area contributed by atoms with E-state index in [4.69, 9.17) is 0 Å². The van der Waals surface area contributed by atoms with Gasteiger partial charge in [-0.2, -0.15) is 0 Å². The van der Waals surface area contributed by atoms with Crippen molar-refractivity contribution >= 4 is 5.78 Å². The minimum atomic E-state index is -0.209. The fourth-order valence-corrected chi connectivity index (χ4v) is 2.62. The van der Waals surface area contributed by atoms with Gasteiger partial charge in [0.1, 0.15) is 0 Å². The number of nitrogens with zero attached hydrogens (tertiary/aromatic N) is 4. The fourth-order valence-electron chi connectivity index (χ4n) is 2.62. The van der Waals surface area contributed by atoms with Crippen LogP contribution in [0.25, 0.3) is 5.78 Å². The lowest BCUT2D eigenvalue weighted by Gasteiger charge is -2.16. The van der Waals surface area contributed by atoms with Crippen molar-refractivity contribution in [1.82, 2.24) is 19.3 Å². The Kier molecular flexibility index (Phi) is 3.01. The average Bonchev–Trinajstić information content (AvgIpc) is 2.98. The first kappa shape index (κ1) is 11.6. The van der Waals surface area contributed by atoms with Crippen LogP contribution in [0.5, 0.6) is 0 Å². The zero-order chi connectivity index (χ0) is 12.5. The third kappa shape index (κ3) is 2.11. The molecule has 0 saturated carbocycles. The second-order valence-electron chi connectivity index (χ2n) is 5.06. The highest BCUT2D eigenvalue weighted by molar-refractivity contribution is 5.30. The van der Waals surface area contributed by atoms with E-state index in [1.165, 1.54) is 0 Å².